The topological polar surface area (TPSA) is 74.0 Å². The highest BCUT2D eigenvalue weighted by molar-refractivity contribution is 9.10. The maximum absolute atomic E-state index is 14.3. The van der Waals surface area contributed by atoms with E-state index in [1.54, 1.807) is 25.4 Å². The number of benzene rings is 1. The molecule has 1 atom stereocenters. The summed E-state index contributed by atoms with van der Waals surface area (Å²) in [5.74, 6) is -0.392. The third kappa shape index (κ3) is 3.66. The monoisotopic (exact) mass is 405 g/mol. The van der Waals surface area contributed by atoms with Crippen molar-refractivity contribution < 1.29 is 4.39 Å². The van der Waals surface area contributed by atoms with Crippen molar-refractivity contribution in [3.63, 3.8) is 0 Å². The zero-order valence-corrected chi connectivity index (χ0v) is 15.3. The van der Waals surface area contributed by atoms with E-state index >= 15 is 0 Å². The summed E-state index contributed by atoms with van der Waals surface area (Å²) in [6.45, 7) is 1.35. The van der Waals surface area contributed by atoms with Crippen molar-refractivity contribution in [3.8, 4) is 6.07 Å². The highest BCUT2D eigenvalue weighted by Gasteiger charge is 2.23. The number of aryl methyl sites for hydroxylation is 1. The zero-order valence-electron chi connectivity index (χ0n) is 13.7. The number of nitrogens with one attached hydrogen (secondary N) is 1. The molecule has 1 aliphatic heterocycles. The number of anilines is 2. The Morgan fingerprint density at radius 3 is 3.00 bits per heavy atom. The lowest BCUT2D eigenvalue weighted by atomic mass is 10.0. The van der Waals surface area contributed by atoms with Crippen LogP contribution in [0.4, 0.5) is 15.8 Å². The van der Waals surface area contributed by atoms with Gasteiger partial charge in [0.15, 0.2) is 0 Å². The van der Waals surface area contributed by atoms with Gasteiger partial charge in [0, 0.05) is 26.2 Å². The molecule has 0 aliphatic carbocycles. The first kappa shape index (κ1) is 17.4. The number of halogens is 2. The van der Waals surface area contributed by atoms with Gasteiger partial charge >= 0.3 is 0 Å². The molecule has 25 heavy (non-hydrogen) atoms. The van der Waals surface area contributed by atoms with Crippen molar-refractivity contribution in [1.82, 2.24) is 9.78 Å². The molecule has 8 heteroatoms. The smallest absolute Gasteiger partial charge is 0.282 e. The number of hydrogen-bond acceptors (Lipinski definition) is 5. The van der Waals surface area contributed by atoms with Crippen LogP contribution in [-0.2, 0) is 7.05 Å². The minimum absolute atomic E-state index is 0.0639. The van der Waals surface area contributed by atoms with E-state index < -0.39 is 5.82 Å². The Balaban J connectivity index is 1.77. The van der Waals surface area contributed by atoms with Crippen molar-refractivity contribution >= 4 is 27.3 Å². The number of aromatic nitrogens is 2. The van der Waals surface area contributed by atoms with Crippen molar-refractivity contribution in [3.05, 3.63) is 50.6 Å². The van der Waals surface area contributed by atoms with Crippen LogP contribution in [0.15, 0.2) is 33.7 Å². The lowest BCUT2D eigenvalue weighted by molar-refractivity contribution is 0.518. The van der Waals surface area contributed by atoms with Crippen LogP contribution in [0.3, 0.4) is 0 Å². The molecule has 2 aromatic rings. The molecule has 2 heterocycles. The zero-order chi connectivity index (χ0) is 18.0. The van der Waals surface area contributed by atoms with Gasteiger partial charge < -0.3 is 10.2 Å². The highest BCUT2D eigenvalue weighted by atomic mass is 79.9. The summed E-state index contributed by atoms with van der Waals surface area (Å²) in [6.07, 6.45) is 3.41. The fourth-order valence-electron chi connectivity index (χ4n) is 2.98. The largest absolute Gasteiger partial charge is 0.378 e. The van der Waals surface area contributed by atoms with Crippen LogP contribution in [0.25, 0.3) is 0 Å². The SMILES string of the molecule is Cn1ncc(NC2CCCN(c3ccc(C#N)cc3F)C2)c(Br)c1=O. The minimum atomic E-state index is -0.392. The van der Waals surface area contributed by atoms with Gasteiger partial charge in [-0.15, -0.1) is 0 Å². The summed E-state index contributed by atoms with van der Waals surface area (Å²) >= 11 is 3.31. The highest BCUT2D eigenvalue weighted by Crippen LogP contribution is 2.26. The molecule has 1 unspecified atom stereocenters. The summed E-state index contributed by atoms with van der Waals surface area (Å²) in [7, 11) is 1.59. The Kier molecular flexibility index (Phi) is 5.04. The molecule has 1 fully saturated rings. The fourth-order valence-corrected chi connectivity index (χ4v) is 3.45. The van der Waals surface area contributed by atoms with Crippen LogP contribution in [-0.4, -0.2) is 28.9 Å². The second-order valence-electron chi connectivity index (χ2n) is 6.01. The number of rotatable bonds is 3. The number of nitrogens with zero attached hydrogens (tertiary/aromatic N) is 4. The Morgan fingerprint density at radius 2 is 2.28 bits per heavy atom. The molecule has 0 spiro atoms. The standard InChI is InChI=1S/C17H17BrFN5O/c1-23-17(25)16(18)14(9-21-23)22-12-3-2-6-24(10-12)15-5-4-11(8-20)7-13(15)19/h4-5,7,9,12,22H,2-3,6,10H2,1H3. The van der Waals surface area contributed by atoms with Gasteiger partial charge in [-0.05, 0) is 47.0 Å². The van der Waals surface area contributed by atoms with Crippen molar-refractivity contribution in [1.29, 1.82) is 5.26 Å². The van der Waals surface area contributed by atoms with Gasteiger partial charge in [0.25, 0.3) is 5.56 Å². The maximum atomic E-state index is 14.3. The molecule has 3 rings (SSSR count). The molecule has 0 radical (unpaired) electrons. The molecular weight excluding hydrogens is 389 g/mol. The average Bonchev–Trinajstić information content (AvgIpc) is 2.62. The third-order valence-corrected chi connectivity index (χ3v) is 5.04. The van der Waals surface area contributed by atoms with Crippen LogP contribution in [0.5, 0.6) is 0 Å². The van der Waals surface area contributed by atoms with E-state index in [0.29, 0.717) is 28.0 Å². The molecule has 1 N–H and O–H groups in total. The molecule has 0 saturated carbocycles. The molecule has 1 aromatic carbocycles. The summed E-state index contributed by atoms with van der Waals surface area (Å²) in [4.78, 5) is 13.9. The van der Waals surface area contributed by atoms with Crippen molar-refractivity contribution in [2.45, 2.75) is 18.9 Å². The van der Waals surface area contributed by atoms with Gasteiger partial charge in [-0.25, -0.2) is 9.07 Å². The van der Waals surface area contributed by atoms with Crippen molar-refractivity contribution in [2.75, 3.05) is 23.3 Å². The Bertz CT molecular complexity index is 892. The Labute approximate surface area is 153 Å². The molecule has 1 aliphatic rings. The predicted molar refractivity (Wildman–Crippen MR) is 97.2 cm³/mol. The lowest BCUT2D eigenvalue weighted by Gasteiger charge is -2.35. The Hall–Kier alpha value is -2.40. The summed E-state index contributed by atoms with van der Waals surface area (Å²) in [6, 6.07) is 6.53. The van der Waals surface area contributed by atoms with E-state index in [1.165, 1.54) is 10.7 Å². The first-order valence-corrected chi connectivity index (χ1v) is 8.72. The third-order valence-electron chi connectivity index (χ3n) is 4.28. The number of piperidine rings is 1. The molecule has 130 valence electrons. The second kappa shape index (κ2) is 7.23. The first-order chi connectivity index (χ1) is 12.0. The van der Waals surface area contributed by atoms with Crippen LogP contribution in [0.1, 0.15) is 18.4 Å². The molecule has 6 nitrogen and oxygen atoms in total. The van der Waals surface area contributed by atoms with Crippen LogP contribution in [0.2, 0.25) is 0 Å². The molecule has 0 amide bonds. The molecule has 0 bridgehead atoms. The minimum Gasteiger partial charge on any atom is -0.378 e. The quantitative estimate of drug-likeness (QED) is 0.849. The maximum Gasteiger partial charge on any atom is 0.282 e. The molecule has 1 saturated heterocycles. The van der Waals surface area contributed by atoms with Crippen LogP contribution in [0, 0.1) is 17.1 Å². The van der Waals surface area contributed by atoms with Crippen LogP contribution < -0.4 is 15.8 Å². The number of nitriles is 1. The van der Waals surface area contributed by atoms with Gasteiger partial charge in [-0.1, -0.05) is 0 Å². The van der Waals surface area contributed by atoms with E-state index in [-0.39, 0.29) is 11.6 Å². The predicted octanol–water partition coefficient (Wildman–Crippen LogP) is 2.63. The van der Waals surface area contributed by atoms with Crippen molar-refractivity contribution in [2.24, 2.45) is 7.05 Å². The van der Waals surface area contributed by atoms with Gasteiger partial charge in [-0.3, -0.25) is 4.79 Å². The first-order valence-electron chi connectivity index (χ1n) is 7.92. The van der Waals surface area contributed by atoms with Gasteiger partial charge in [0.1, 0.15) is 10.3 Å². The van der Waals surface area contributed by atoms with E-state index in [1.807, 2.05) is 11.0 Å². The van der Waals surface area contributed by atoms with E-state index in [2.05, 4.69) is 26.3 Å². The number of hydrogen-bond donors (Lipinski definition) is 1. The second-order valence-corrected chi connectivity index (χ2v) is 6.80. The summed E-state index contributed by atoms with van der Waals surface area (Å²) < 4.78 is 16.0. The van der Waals surface area contributed by atoms with Gasteiger partial charge in [-0.2, -0.15) is 10.4 Å². The summed E-state index contributed by atoms with van der Waals surface area (Å²) in [5, 5.41) is 16.2. The lowest BCUT2D eigenvalue weighted by Crippen LogP contribution is -2.42. The average molecular weight is 406 g/mol. The summed E-state index contributed by atoms with van der Waals surface area (Å²) in [5.41, 5.74) is 1.22. The molecule has 1 aromatic heterocycles. The fraction of sp³-hybridized carbons (Fsp3) is 0.353. The van der Waals surface area contributed by atoms with Crippen LogP contribution >= 0.6 is 15.9 Å². The van der Waals surface area contributed by atoms with Gasteiger partial charge in [0.05, 0.1) is 29.2 Å². The van der Waals surface area contributed by atoms with E-state index in [4.69, 9.17) is 5.26 Å². The normalized spacial score (nSPS) is 17.2. The van der Waals surface area contributed by atoms with Gasteiger partial charge in [0.2, 0.25) is 0 Å². The van der Waals surface area contributed by atoms with E-state index in [0.717, 1.165) is 19.4 Å². The van der Waals surface area contributed by atoms with E-state index in [9.17, 15) is 9.18 Å². The molecular formula is C17H17BrFN5O. The Morgan fingerprint density at radius 1 is 1.48 bits per heavy atom.